The van der Waals surface area contributed by atoms with E-state index in [2.05, 4.69) is 5.10 Å². The van der Waals surface area contributed by atoms with Gasteiger partial charge in [-0.2, -0.15) is 5.10 Å². The first kappa shape index (κ1) is 33.7. The van der Waals surface area contributed by atoms with Crippen molar-refractivity contribution in [2.24, 2.45) is 0 Å². The van der Waals surface area contributed by atoms with Crippen molar-refractivity contribution in [3.05, 3.63) is 53.0 Å². The van der Waals surface area contributed by atoms with Gasteiger partial charge in [-0.05, 0) is 73.6 Å². The van der Waals surface area contributed by atoms with Crippen LogP contribution >= 0.6 is 0 Å². The molecule has 3 aromatic heterocycles. The number of fused-ring (bicyclic) bond motifs is 2. The molecule has 0 N–H and O–H groups in total. The van der Waals surface area contributed by atoms with Crippen molar-refractivity contribution in [1.82, 2.24) is 29.5 Å². The molecule has 13 nitrogen and oxygen atoms in total. The molecular weight excluding hydrogens is 600 g/mol. The lowest BCUT2D eigenvalue weighted by Crippen LogP contribution is -2.41. The molecule has 0 atom stereocenters. The van der Waals surface area contributed by atoms with Gasteiger partial charge in [0.05, 0.1) is 55.0 Å². The maximum Gasteiger partial charge on any atom is 0.410 e. The van der Waals surface area contributed by atoms with E-state index < -0.39 is 17.3 Å². The molecule has 2 aliphatic heterocycles. The molecule has 0 fully saturated rings. The van der Waals surface area contributed by atoms with E-state index in [1.807, 2.05) is 90.2 Å². The molecule has 0 aliphatic carbocycles. The Bertz CT molecular complexity index is 1690. The Kier molecular flexibility index (Phi) is 8.95. The highest BCUT2D eigenvalue weighted by Crippen LogP contribution is 2.34. The SMILES string of the molecule is CC(C)N(C)c1cc2c(c(CN(C)C(=O)OC(C)(C)C)n1)CN(c1cccc(-c3cnn4c3CN(C(=O)OC(C)(C)C)CC4)n1)C2=O. The predicted octanol–water partition coefficient (Wildman–Crippen LogP) is 5.46. The maximum atomic E-state index is 14.0. The van der Waals surface area contributed by atoms with Crippen LogP contribution in [0.15, 0.2) is 30.5 Å². The fraction of sp³-hybridized carbons (Fsp3) is 0.529. The standard InChI is InChI=1S/C34H46N8O5/c1-21(2)39(10)29-16-22-24(26(37-29)19-38(9)31(44)46-33(3,4)5)18-41(30(22)43)28-13-11-12-25(36-28)23-17-35-42-15-14-40(20-27(23)42)32(45)47-34(6,7)8/h11-13,16-17,21H,14-15,18-20H2,1-10H3. The molecular formula is C34H46N8O5. The molecule has 0 spiro atoms. The minimum absolute atomic E-state index is 0.135. The van der Waals surface area contributed by atoms with E-state index in [1.165, 1.54) is 4.90 Å². The topological polar surface area (TPSA) is 126 Å². The van der Waals surface area contributed by atoms with Crippen LogP contribution in [-0.2, 0) is 35.7 Å². The lowest BCUT2D eigenvalue weighted by Gasteiger charge is -2.30. The third-order valence-corrected chi connectivity index (χ3v) is 8.03. The van der Waals surface area contributed by atoms with Gasteiger partial charge in [-0.25, -0.2) is 19.6 Å². The minimum Gasteiger partial charge on any atom is -0.444 e. The van der Waals surface area contributed by atoms with Gasteiger partial charge in [0, 0.05) is 37.8 Å². The van der Waals surface area contributed by atoms with E-state index in [9.17, 15) is 14.4 Å². The van der Waals surface area contributed by atoms with Crippen molar-refractivity contribution in [3.63, 3.8) is 0 Å². The van der Waals surface area contributed by atoms with Crippen LogP contribution in [-0.4, -0.2) is 85.5 Å². The van der Waals surface area contributed by atoms with Crippen molar-refractivity contribution in [2.75, 3.05) is 30.4 Å². The van der Waals surface area contributed by atoms with Crippen LogP contribution in [0.4, 0.5) is 21.2 Å². The van der Waals surface area contributed by atoms with Gasteiger partial charge in [0.1, 0.15) is 22.8 Å². The average molecular weight is 647 g/mol. The summed E-state index contributed by atoms with van der Waals surface area (Å²) in [4.78, 5) is 56.3. The van der Waals surface area contributed by atoms with Gasteiger partial charge >= 0.3 is 12.2 Å². The lowest BCUT2D eigenvalue weighted by atomic mass is 10.1. The van der Waals surface area contributed by atoms with Gasteiger partial charge in [0.2, 0.25) is 0 Å². The van der Waals surface area contributed by atoms with Crippen LogP contribution in [0, 0.1) is 0 Å². The Morgan fingerprint density at radius 1 is 0.957 bits per heavy atom. The smallest absolute Gasteiger partial charge is 0.410 e. The Morgan fingerprint density at radius 3 is 2.32 bits per heavy atom. The van der Waals surface area contributed by atoms with Gasteiger partial charge in [-0.1, -0.05) is 6.07 Å². The summed E-state index contributed by atoms with van der Waals surface area (Å²) in [5.41, 5.74) is 2.92. The molecule has 3 amide bonds. The fourth-order valence-corrected chi connectivity index (χ4v) is 5.41. The van der Waals surface area contributed by atoms with Crippen LogP contribution in [0.1, 0.15) is 82.7 Å². The Hall–Kier alpha value is -4.68. The van der Waals surface area contributed by atoms with Gasteiger partial charge in [-0.3, -0.25) is 14.4 Å². The maximum absolute atomic E-state index is 14.0. The summed E-state index contributed by atoms with van der Waals surface area (Å²) in [6.07, 6.45) is 0.909. The number of amides is 3. The number of hydrogen-bond acceptors (Lipinski definition) is 9. The van der Waals surface area contributed by atoms with Gasteiger partial charge in [0.15, 0.2) is 0 Å². The van der Waals surface area contributed by atoms with Crippen molar-refractivity contribution in [1.29, 1.82) is 0 Å². The first-order valence-electron chi connectivity index (χ1n) is 15.9. The van der Waals surface area contributed by atoms with E-state index in [0.717, 1.165) is 16.8 Å². The fourth-order valence-electron chi connectivity index (χ4n) is 5.41. The van der Waals surface area contributed by atoms with Crippen LogP contribution in [0.5, 0.6) is 0 Å². The number of nitrogens with zero attached hydrogens (tertiary/aromatic N) is 8. The Labute approximate surface area is 276 Å². The Morgan fingerprint density at radius 2 is 1.66 bits per heavy atom. The monoisotopic (exact) mass is 646 g/mol. The molecule has 47 heavy (non-hydrogen) atoms. The number of carbonyl (C=O) groups excluding carboxylic acids is 3. The van der Waals surface area contributed by atoms with Gasteiger partial charge in [0.25, 0.3) is 5.91 Å². The molecule has 0 radical (unpaired) electrons. The number of pyridine rings is 2. The summed E-state index contributed by atoms with van der Waals surface area (Å²) < 4.78 is 13.1. The van der Waals surface area contributed by atoms with E-state index in [-0.39, 0.29) is 31.1 Å². The van der Waals surface area contributed by atoms with Gasteiger partial charge in [-0.15, -0.1) is 0 Å². The van der Waals surface area contributed by atoms with Crippen LogP contribution in [0.25, 0.3) is 11.3 Å². The lowest BCUT2D eigenvalue weighted by molar-refractivity contribution is 0.0193. The number of hydrogen-bond donors (Lipinski definition) is 0. The molecule has 0 bridgehead atoms. The number of rotatable bonds is 6. The summed E-state index contributed by atoms with van der Waals surface area (Å²) in [5, 5.41) is 4.55. The summed E-state index contributed by atoms with van der Waals surface area (Å²) in [5.74, 6) is 0.928. The molecule has 3 aromatic rings. The second-order valence-corrected chi connectivity index (χ2v) is 14.4. The first-order chi connectivity index (χ1) is 21.9. The van der Waals surface area contributed by atoms with Crippen LogP contribution in [0.2, 0.25) is 0 Å². The number of ether oxygens (including phenoxy) is 2. The molecule has 5 rings (SSSR count). The van der Waals surface area contributed by atoms with Crippen molar-refractivity contribution in [3.8, 4) is 11.3 Å². The largest absolute Gasteiger partial charge is 0.444 e. The summed E-state index contributed by atoms with van der Waals surface area (Å²) in [6.45, 7) is 16.9. The highest BCUT2D eigenvalue weighted by atomic mass is 16.6. The van der Waals surface area contributed by atoms with E-state index in [0.29, 0.717) is 48.2 Å². The summed E-state index contributed by atoms with van der Waals surface area (Å²) in [7, 11) is 3.59. The zero-order valence-electron chi connectivity index (χ0n) is 29.1. The first-order valence-corrected chi connectivity index (χ1v) is 15.9. The van der Waals surface area contributed by atoms with E-state index in [4.69, 9.17) is 19.4 Å². The van der Waals surface area contributed by atoms with Crippen molar-refractivity contribution >= 4 is 29.7 Å². The van der Waals surface area contributed by atoms with Crippen LogP contribution < -0.4 is 9.80 Å². The third-order valence-electron chi connectivity index (χ3n) is 8.03. The van der Waals surface area contributed by atoms with Crippen LogP contribution in [0.3, 0.4) is 0 Å². The molecule has 0 aromatic carbocycles. The second kappa shape index (κ2) is 12.5. The molecule has 0 saturated heterocycles. The zero-order chi connectivity index (χ0) is 34.4. The summed E-state index contributed by atoms with van der Waals surface area (Å²) >= 11 is 0. The second-order valence-electron chi connectivity index (χ2n) is 14.4. The quantitative estimate of drug-likeness (QED) is 0.343. The zero-order valence-corrected chi connectivity index (χ0v) is 29.1. The summed E-state index contributed by atoms with van der Waals surface area (Å²) in [6, 6.07) is 7.49. The number of aromatic nitrogens is 4. The molecule has 2 aliphatic rings. The highest BCUT2D eigenvalue weighted by Gasteiger charge is 2.35. The average Bonchev–Trinajstić information content (AvgIpc) is 3.55. The minimum atomic E-state index is -0.646. The predicted molar refractivity (Wildman–Crippen MR) is 178 cm³/mol. The van der Waals surface area contributed by atoms with Crippen molar-refractivity contribution in [2.45, 2.75) is 98.8 Å². The van der Waals surface area contributed by atoms with Gasteiger partial charge < -0.3 is 24.2 Å². The number of carbonyl (C=O) groups is 3. The molecule has 252 valence electrons. The Balaban J connectivity index is 1.44. The normalized spacial score (nSPS) is 14.7. The van der Waals surface area contributed by atoms with Crippen molar-refractivity contribution < 1.29 is 23.9 Å². The number of anilines is 2. The third kappa shape index (κ3) is 7.34. The molecule has 5 heterocycles. The van der Waals surface area contributed by atoms with E-state index >= 15 is 0 Å². The molecule has 0 unspecified atom stereocenters. The van der Waals surface area contributed by atoms with E-state index in [1.54, 1.807) is 29.1 Å². The highest BCUT2D eigenvalue weighted by molar-refractivity contribution is 6.10. The molecule has 13 heteroatoms. The molecule has 0 saturated carbocycles.